The summed E-state index contributed by atoms with van der Waals surface area (Å²) in [6.07, 6.45) is 7.10. The average Bonchev–Trinajstić information content (AvgIpc) is 2.98. The number of likely N-dealkylation sites (N-methyl/N-ethyl adjacent to an activating group) is 1. The Morgan fingerprint density at radius 2 is 1.77 bits per heavy atom. The van der Waals surface area contributed by atoms with Gasteiger partial charge in [-0.25, -0.2) is 4.79 Å². The molecule has 10 heteroatoms. The van der Waals surface area contributed by atoms with Crippen LogP contribution in [0.1, 0.15) is 96.3 Å². The van der Waals surface area contributed by atoms with E-state index in [4.69, 9.17) is 9.47 Å². The van der Waals surface area contributed by atoms with Crippen molar-refractivity contribution in [1.82, 2.24) is 15.1 Å². The third-order valence-electron chi connectivity index (χ3n) is 8.51. The fraction of sp³-hybridized carbons (Fsp3) is 0.727. The van der Waals surface area contributed by atoms with Gasteiger partial charge in [-0.1, -0.05) is 26.2 Å². The van der Waals surface area contributed by atoms with Crippen molar-refractivity contribution in [3.63, 3.8) is 0 Å². The molecule has 1 aliphatic heterocycles. The third-order valence-corrected chi connectivity index (χ3v) is 8.51. The number of nitrogens with zero attached hydrogens (tertiary/aromatic N) is 2. The van der Waals surface area contributed by atoms with Crippen LogP contribution in [0.2, 0.25) is 0 Å². The predicted octanol–water partition coefficient (Wildman–Crippen LogP) is 5.05. The summed E-state index contributed by atoms with van der Waals surface area (Å²) < 4.78 is 12.6. The smallest absolute Gasteiger partial charge is 0.317 e. The summed E-state index contributed by atoms with van der Waals surface area (Å²) in [5.41, 5.74) is 0.910. The zero-order valence-corrected chi connectivity index (χ0v) is 27.1. The highest BCUT2D eigenvalue weighted by Crippen LogP contribution is 2.30. The highest BCUT2D eigenvalue weighted by Gasteiger charge is 2.31. The first-order valence-corrected chi connectivity index (χ1v) is 16.2. The maximum atomic E-state index is 14.3. The number of fused-ring (bicyclic) bond motifs is 1. The van der Waals surface area contributed by atoms with Crippen molar-refractivity contribution >= 4 is 23.5 Å². The van der Waals surface area contributed by atoms with Crippen LogP contribution in [0.15, 0.2) is 18.2 Å². The average molecular weight is 603 g/mol. The molecule has 4 amide bonds. The van der Waals surface area contributed by atoms with Gasteiger partial charge in [-0.15, -0.1) is 0 Å². The number of benzene rings is 1. The standard InChI is InChI=1S/C33H54N4O6/c1-22(2)34-33(41)36(6)20-30-23(3)19-37(24(4)21-38)32(40)28-18-27(35-31(39)26-13-8-7-9-14-26)15-16-29(28)43-25(5)12-10-11-17-42-30/h15-16,18,22-26,30,38H,7-14,17,19-21H2,1-6H3,(H,34,41)(H,35,39)/t23-,24+,25-,30+/m1/s1. The van der Waals surface area contributed by atoms with Crippen LogP contribution in [0.25, 0.3) is 0 Å². The van der Waals surface area contributed by atoms with Gasteiger partial charge in [-0.2, -0.15) is 0 Å². The van der Waals surface area contributed by atoms with Crippen LogP contribution in [-0.2, 0) is 9.53 Å². The van der Waals surface area contributed by atoms with Crippen molar-refractivity contribution in [2.75, 3.05) is 38.7 Å². The van der Waals surface area contributed by atoms with Crippen molar-refractivity contribution in [2.45, 2.75) is 110 Å². The van der Waals surface area contributed by atoms with E-state index in [1.165, 1.54) is 0 Å². The van der Waals surface area contributed by atoms with E-state index in [2.05, 4.69) is 10.6 Å². The molecule has 1 saturated carbocycles. The van der Waals surface area contributed by atoms with E-state index in [9.17, 15) is 19.5 Å². The van der Waals surface area contributed by atoms with Crippen LogP contribution in [0.5, 0.6) is 5.75 Å². The van der Waals surface area contributed by atoms with Gasteiger partial charge >= 0.3 is 6.03 Å². The van der Waals surface area contributed by atoms with E-state index >= 15 is 0 Å². The van der Waals surface area contributed by atoms with Gasteiger partial charge in [-0.05, 0) is 78.0 Å². The van der Waals surface area contributed by atoms with Crippen molar-refractivity contribution < 1.29 is 29.0 Å². The Morgan fingerprint density at radius 3 is 2.44 bits per heavy atom. The van der Waals surface area contributed by atoms with Gasteiger partial charge in [0.2, 0.25) is 5.91 Å². The molecule has 2 aliphatic rings. The lowest BCUT2D eigenvalue weighted by molar-refractivity contribution is -0.120. The van der Waals surface area contributed by atoms with Gasteiger partial charge in [0.1, 0.15) is 5.75 Å². The summed E-state index contributed by atoms with van der Waals surface area (Å²) in [4.78, 5) is 43.2. The van der Waals surface area contributed by atoms with Crippen molar-refractivity contribution in [2.24, 2.45) is 11.8 Å². The molecule has 1 aromatic rings. The predicted molar refractivity (Wildman–Crippen MR) is 168 cm³/mol. The molecule has 4 atom stereocenters. The number of amides is 4. The Hall–Kier alpha value is -2.85. The summed E-state index contributed by atoms with van der Waals surface area (Å²) in [7, 11) is 1.75. The van der Waals surface area contributed by atoms with Crippen LogP contribution in [0.4, 0.5) is 10.5 Å². The van der Waals surface area contributed by atoms with Gasteiger partial charge < -0.3 is 35.0 Å². The second-order valence-electron chi connectivity index (χ2n) is 12.8. The van der Waals surface area contributed by atoms with Crippen LogP contribution in [0.3, 0.4) is 0 Å². The number of ether oxygens (including phenoxy) is 2. The van der Waals surface area contributed by atoms with E-state index in [-0.39, 0.29) is 54.5 Å². The quantitative estimate of drug-likeness (QED) is 0.402. The number of hydrogen-bond acceptors (Lipinski definition) is 6. The number of carbonyl (C=O) groups is 3. The molecule has 0 unspecified atom stereocenters. The molecule has 0 aromatic heterocycles. The van der Waals surface area contributed by atoms with E-state index in [1.54, 1.807) is 35.0 Å². The van der Waals surface area contributed by atoms with Crippen LogP contribution in [-0.4, -0.2) is 90.4 Å². The second kappa shape index (κ2) is 16.9. The molecule has 0 bridgehead atoms. The van der Waals surface area contributed by atoms with E-state index in [0.29, 0.717) is 36.7 Å². The number of aliphatic hydroxyl groups is 1. The van der Waals surface area contributed by atoms with E-state index < -0.39 is 6.04 Å². The zero-order chi connectivity index (χ0) is 31.5. The molecule has 1 aromatic carbocycles. The Bertz CT molecular complexity index is 1060. The summed E-state index contributed by atoms with van der Waals surface area (Å²) in [6, 6.07) is 4.63. The van der Waals surface area contributed by atoms with E-state index in [1.807, 2.05) is 34.6 Å². The minimum atomic E-state index is -0.476. The highest BCUT2D eigenvalue weighted by molar-refractivity contribution is 6.00. The highest BCUT2D eigenvalue weighted by atomic mass is 16.5. The number of carbonyl (C=O) groups excluding carboxylic acids is 3. The number of aliphatic hydroxyl groups excluding tert-OH is 1. The summed E-state index contributed by atoms with van der Waals surface area (Å²) in [5, 5.41) is 16.1. The van der Waals surface area contributed by atoms with Crippen LogP contribution < -0.4 is 15.4 Å². The molecule has 43 heavy (non-hydrogen) atoms. The van der Waals surface area contributed by atoms with Gasteiger partial charge in [0.25, 0.3) is 5.91 Å². The number of nitrogens with one attached hydrogen (secondary N) is 2. The van der Waals surface area contributed by atoms with Crippen molar-refractivity contribution in [3.8, 4) is 5.75 Å². The molecular formula is C33H54N4O6. The molecule has 3 N–H and O–H groups in total. The molecule has 3 rings (SSSR count). The van der Waals surface area contributed by atoms with Gasteiger partial charge in [0, 0.05) is 50.3 Å². The molecule has 1 fully saturated rings. The Morgan fingerprint density at radius 1 is 1.07 bits per heavy atom. The Labute approximate surface area is 257 Å². The van der Waals surface area contributed by atoms with Gasteiger partial charge in [0.05, 0.1) is 30.4 Å². The number of hydrogen-bond donors (Lipinski definition) is 3. The number of rotatable bonds is 7. The molecular weight excluding hydrogens is 548 g/mol. The molecule has 0 saturated heterocycles. The maximum absolute atomic E-state index is 14.3. The SMILES string of the molecule is CC(C)NC(=O)N(C)C[C@@H]1OCCCC[C@@H](C)Oc2ccc(NC(=O)C3CCCCC3)cc2C(=O)N([C@@H](C)CO)C[C@H]1C. The minimum absolute atomic E-state index is 0.0115. The fourth-order valence-corrected chi connectivity index (χ4v) is 5.78. The zero-order valence-electron chi connectivity index (χ0n) is 27.1. The summed E-state index contributed by atoms with van der Waals surface area (Å²) >= 11 is 0. The number of anilines is 1. The molecule has 0 radical (unpaired) electrons. The first-order chi connectivity index (χ1) is 20.5. The second-order valence-corrected chi connectivity index (χ2v) is 12.8. The molecule has 0 spiro atoms. The third kappa shape index (κ3) is 10.4. The maximum Gasteiger partial charge on any atom is 0.317 e. The Balaban J connectivity index is 1.91. The van der Waals surface area contributed by atoms with E-state index in [0.717, 1.165) is 51.4 Å². The monoisotopic (exact) mass is 602 g/mol. The summed E-state index contributed by atoms with van der Waals surface area (Å²) in [5.74, 6) is 0.00518. The van der Waals surface area contributed by atoms with Gasteiger partial charge in [-0.3, -0.25) is 9.59 Å². The van der Waals surface area contributed by atoms with Crippen molar-refractivity contribution in [3.05, 3.63) is 23.8 Å². The first-order valence-electron chi connectivity index (χ1n) is 16.2. The van der Waals surface area contributed by atoms with Crippen LogP contribution in [0, 0.1) is 11.8 Å². The topological polar surface area (TPSA) is 120 Å². The van der Waals surface area contributed by atoms with Crippen LogP contribution >= 0.6 is 0 Å². The Kier molecular flexibility index (Phi) is 13.6. The lowest BCUT2D eigenvalue weighted by Gasteiger charge is -2.36. The number of urea groups is 1. The lowest BCUT2D eigenvalue weighted by atomic mass is 9.88. The lowest BCUT2D eigenvalue weighted by Crippen LogP contribution is -2.49. The molecule has 10 nitrogen and oxygen atoms in total. The van der Waals surface area contributed by atoms with Crippen molar-refractivity contribution in [1.29, 1.82) is 0 Å². The largest absolute Gasteiger partial charge is 0.490 e. The fourth-order valence-electron chi connectivity index (χ4n) is 5.78. The van der Waals surface area contributed by atoms with Gasteiger partial charge in [0.15, 0.2) is 0 Å². The molecule has 242 valence electrons. The normalized spacial score (nSPS) is 23.5. The molecule has 1 aliphatic carbocycles. The summed E-state index contributed by atoms with van der Waals surface area (Å²) in [6.45, 7) is 10.6. The minimum Gasteiger partial charge on any atom is -0.490 e. The molecule has 1 heterocycles. The first kappa shape index (κ1) is 34.6.